The van der Waals surface area contributed by atoms with E-state index in [4.69, 9.17) is 5.73 Å². The Morgan fingerprint density at radius 2 is 2.28 bits per heavy atom. The van der Waals surface area contributed by atoms with Crippen LogP contribution in [-0.2, 0) is 6.42 Å². The first-order valence-corrected chi connectivity index (χ1v) is 7.82. The molecule has 0 aliphatic carbocycles. The summed E-state index contributed by atoms with van der Waals surface area (Å²) in [7, 11) is 0. The minimum Gasteiger partial charge on any atom is -0.323 e. The molecule has 2 atom stereocenters. The molecule has 2 rings (SSSR count). The number of hydrogen-bond acceptors (Lipinski definition) is 4. The molecular formula is C14H25N3S. The summed E-state index contributed by atoms with van der Waals surface area (Å²) in [6.45, 7) is 9.10. The summed E-state index contributed by atoms with van der Waals surface area (Å²) < 4.78 is 0. The standard InChI is InChI=1S/C14H25N3S/c1-10(2)17-6-4-5-12(9-17)7-14-16-8-13(18-14)11(3)15/h8,10-12H,4-7,9,15H2,1-3H3. The highest BCUT2D eigenvalue weighted by Gasteiger charge is 2.22. The third-order valence-corrected chi connectivity index (χ3v) is 4.98. The minimum absolute atomic E-state index is 0.120. The van der Waals surface area contributed by atoms with Gasteiger partial charge in [0.05, 0.1) is 5.01 Å². The molecule has 1 aromatic heterocycles. The molecule has 1 aliphatic rings. The third kappa shape index (κ3) is 3.53. The summed E-state index contributed by atoms with van der Waals surface area (Å²) in [6.07, 6.45) is 5.75. The smallest absolute Gasteiger partial charge is 0.0931 e. The number of nitrogens with zero attached hydrogens (tertiary/aromatic N) is 2. The second kappa shape index (κ2) is 6.13. The Balaban J connectivity index is 1.92. The molecule has 1 fully saturated rings. The lowest BCUT2D eigenvalue weighted by Crippen LogP contribution is -2.40. The average Bonchev–Trinajstić information content (AvgIpc) is 2.78. The summed E-state index contributed by atoms with van der Waals surface area (Å²) in [4.78, 5) is 8.32. The van der Waals surface area contributed by atoms with Gasteiger partial charge in [-0.15, -0.1) is 11.3 Å². The van der Waals surface area contributed by atoms with Crippen molar-refractivity contribution in [3.63, 3.8) is 0 Å². The second-order valence-corrected chi connectivity index (χ2v) is 6.89. The van der Waals surface area contributed by atoms with Crippen LogP contribution in [0.4, 0.5) is 0 Å². The lowest BCUT2D eigenvalue weighted by molar-refractivity contribution is 0.139. The molecule has 0 saturated carbocycles. The van der Waals surface area contributed by atoms with E-state index in [-0.39, 0.29) is 6.04 Å². The van der Waals surface area contributed by atoms with Gasteiger partial charge in [0.25, 0.3) is 0 Å². The number of nitrogens with two attached hydrogens (primary N) is 1. The Hall–Kier alpha value is -0.450. The lowest BCUT2D eigenvalue weighted by Gasteiger charge is -2.35. The van der Waals surface area contributed by atoms with Crippen molar-refractivity contribution in [2.45, 2.75) is 52.1 Å². The summed E-state index contributed by atoms with van der Waals surface area (Å²) >= 11 is 1.79. The summed E-state index contributed by atoms with van der Waals surface area (Å²) in [5.41, 5.74) is 5.88. The van der Waals surface area contributed by atoms with E-state index in [0.717, 1.165) is 12.3 Å². The second-order valence-electron chi connectivity index (χ2n) is 5.75. The first-order valence-electron chi connectivity index (χ1n) is 7.00. The molecule has 0 aromatic carbocycles. The van der Waals surface area contributed by atoms with Crippen LogP contribution in [0.2, 0.25) is 0 Å². The van der Waals surface area contributed by atoms with Crippen LogP contribution in [0.1, 0.15) is 49.5 Å². The zero-order chi connectivity index (χ0) is 13.1. The molecule has 4 heteroatoms. The molecule has 1 aromatic rings. The van der Waals surface area contributed by atoms with Gasteiger partial charge in [-0.25, -0.2) is 4.98 Å². The molecule has 0 bridgehead atoms. The molecule has 0 spiro atoms. The van der Waals surface area contributed by atoms with E-state index in [1.165, 1.54) is 35.8 Å². The van der Waals surface area contributed by atoms with Crippen molar-refractivity contribution in [1.29, 1.82) is 0 Å². The van der Waals surface area contributed by atoms with E-state index in [2.05, 4.69) is 23.7 Å². The van der Waals surface area contributed by atoms with Gasteiger partial charge in [0.1, 0.15) is 0 Å². The fraction of sp³-hybridized carbons (Fsp3) is 0.786. The van der Waals surface area contributed by atoms with Crippen LogP contribution in [0.25, 0.3) is 0 Å². The number of aromatic nitrogens is 1. The molecule has 0 radical (unpaired) electrons. The molecular weight excluding hydrogens is 242 g/mol. The molecule has 3 nitrogen and oxygen atoms in total. The number of rotatable bonds is 4. The Morgan fingerprint density at radius 3 is 2.89 bits per heavy atom. The van der Waals surface area contributed by atoms with Crippen molar-refractivity contribution in [3.05, 3.63) is 16.1 Å². The van der Waals surface area contributed by atoms with Gasteiger partial charge in [0.15, 0.2) is 0 Å². The Labute approximate surface area is 114 Å². The van der Waals surface area contributed by atoms with E-state index < -0.39 is 0 Å². The van der Waals surface area contributed by atoms with Gasteiger partial charge in [0, 0.05) is 36.1 Å². The number of piperidine rings is 1. The predicted molar refractivity (Wildman–Crippen MR) is 77.9 cm³/mol. The highest BCUT2D eigenvalue weighted by atomic mass is 32.1. The van der Waals surface area contributed by atoms with Crippen molar-refractivity contribution in [1.82, 2.24) is 9.88 Å². The minimum atomic E-state index is 0.120. The lowest BCUT2D eigenvalue weighted by atomic mass is 9.94. The van der Waals surface area contributed by atoms with Crippen LogP contribution in [0, 0.1) is 5.92 Å². The van der Waals surface area contributed by atoms with Crippen LogP contribution in [0.15, 0.2) is 6.20 Å². The molecule has 2 N–H and O–H groups in total. The van der Waals surface area contributed by atoms with Gasteiger partial charge in [-0.1, -0.05) is 0 Å². The zero-order valence-corrected chi connectivity index (χ0v) is 12.5. The van der Waals surface area contributed by atoms with Crippen LogP contribution >= 0.6 is 11.3 Å². The number of thiazole rings is 1. The maximum atomic E-state index is 5.88. The van der Waals surface area contributed by atoms with Crippen LogP contribution in [0.5, 0.6) is 0 Å². The zero-order valence-electron chi connectivity index (χ0n) is 11.7. The SMILES string of the molecule is CC(N)c1cnc(CC2CCCN(C(C)C)C2)s1. The van der Waals surface area contributed by atoms with Gasteiger partial charge in [-0.3, -0.25) is 0 Å². The van der Waals surface area contributed by atoms with Gasteiger partial charge in [-0.05, 0) is 46.1 Å². The maximum absolute atomic E-state index is 5.88. The van der Waals surface area contributed by atoms with Crippen molar-refractivity contribution < 1.29 is 0 Å². The molecule has 2 unspecified atom stereocenters. The van der Waals surface area contributed by atoms with E-state index in [9.17, 15) is 0 Å². The number of hydrogen-bond donors (Lipinski definition) is 1. The normalized spacial score (nSPS) is 23.5. The fourth-order valence-electron chi connectivity index (χ4n) is 2.61. The van der Waals surface area contributed by atoms with Gasteiger partial charge in [-0.2, -0.15) is 0 Å². The molecule has 1 saturated heterocycles. The maximum Gasteiger partial charge on any atom is 0.0931 e. The quantitative estimate of drug-likeness (QED) is 0.912. The predicted octanol–water partition coefficient (Wildman–Crippen LogP) is 2.83. The van der Waals surface area contributed by atoms with Crippen LogP contribution in [-0.4, -0.2) is 29.0 Å². The Bertz CT molecular complexity index is 373. The highest BCUT2D eigenvalue weighted by molar-refractivity contribution is 7.11. The van der Waals surface area contributed by atoms with Crippen LogP contribution in [0.3, 0.4) is 0 Å². The fourth-order valence-corrected chi connectivity index (χ4v) is 3.60. The molecule has 0 amide bonds. The van der Waals surface area contributed by atoms with E-state index in [1.54, 1.807) is 11.3 Å². The van der Waals surface area contributed by atoms with Gasteiger partial charge < -0.3 is 10.6 Å². The Kier molecular flexibility index (Phi) is 4.76. The van der Waals surface area contributed by atoms with Crippen molar-refractivity contribution >= 4 is 11.3 Å². The molecule has 18 heavy (non-hydrogen) atoms. The van der Waals surface area contributed by atoms with Crippen molar-refractivity contribution in [3.8, 4) is 0 Å². The summed E-state index contributed by atoms with van der Waals surface area (Å²) in [5, 5.41) is 1.26. The third-order valence-electron chi connectivity index (χ3n) is 3.76. The van der Waals surface area contributed by atoms with Gasteiger partial charge in [0.2, 0.25) is 0 Å². The molecule has 1 aliphatic heterocycles. The molecule has 2 heterocycles. The summed E-state index contributed by atoms with van der Waals surface area (Å²) in [5.74, 6) is 0.772. The van der Waals surface area contributed by atoms with E-state index >= 15 is 0 Å². The largest absolute Gasteiger partial charge is 0.323 e. The van der Waals surface area contributed by atoms with Gasteiger partial charge >= 0.3 is 0 Å². The van der Waals surface area contributed by atoms with E-state index in [1.807, 2.05) is 13.1 Å². The monoisotopic (exact) mass is 267 g/mol. The number of likely N-dealkylation sites (tertiary alicyclic amines) is 1. The van der Waals surface area contributed by atoms with E-state index in [0.29, 0.717) is 6.04 Å². The van der Waals surface area contributed by atoms with Crippen molar-refractivity contribution in [2.24, 2.45) is 11.7 Å². The highest BCUT2D eigenvalue weighted by Crippen LogP contribution is 2.26. The molecule has 102 valence electrons. The van der Waals surface area contributed by atoms with Crippen molar-refractivity contribution in [2.75, 3.05) is 13.1 Å². The summed E-state index contributed by atoms with van der Waals surface area (Å²) in [6, 6.07) is 0.790. The topological polar surface area (TPSA) is 42.1 Å². The first kappa shape index (κ1) is 14.0. The van der Waals surface area contributed by atoms with Crippen LogP contribution < -0.4 is 5.73 Å². The Morgan fingerprint density at radius 1 is 1.50 bits per heavy atom. The first-order chi connectivity index (χ1) is 8.56. The average molecular weight is 267 g/mol.